The van der Waals surface area contributed by atoms with Crippen LogP contribution in [0, 0.1) is 11.6 Å². The van der Waals surface area contributed by atoms with Gasteiger partial charge in [-0.25, -0.2) is 8.78 Å². The van der Waals surface area contributed by atoms with Gasteiger partial charge in [-0.3, -0.25) is 4.90 Å². The minimum absolute atomic E-state index is 0.145. The molecule has 112 valence electrons. The van der Waals surface area contributed by atoms with Crippen molar-refractivity contribution in [3.05, 3.63) is 35.4 Å². The molecular formula is C15H23F2N3. The highest BCUT2D eigenvalue weighted by Gasteiger charge is 2.26. The molecule has 1 atom stereocenters. The van der Waals surface area contributed by atoms with Crippen LogP contribution in [-0.2, 0) is 0 Å². The second kappa shape index (κ2) is 6.61. The molecule has 1 fully saturated rings. The first-order valence-corrected chi connectivity index (χ1v) is 7.07. The molecule has 0 bridgehead atoms. The predicted octanol–water partition coefficient (Wildman–Crippen LogP) is 1.99. The highest BCUT2D eigenvalue weighted by Crippen LogP contribution is 2.26. The molecule has 1 aromatic rings. The second-order valence-electron chi connectivity index (χ2n) is 5.65. The lowest BCUT2D eigenvalue weighted by Gasteiger charge is -2.39. The molecule has 0 radical (unpaired) electrons. The van der Waals surface area contributed by atoms with Crippen LogP contribution in [0.15, 0.2) is 18.2 Å². The van der Waals surface area contributed by atoms with E-state index in [0.717, 1.165) is 32.0 Å². The first-order chi connectivity index (χ1) is 9.51. The Morgan fingerprint density at radius 3 is 2.30 bits per heavy atom. The zero-order valence-corrected chi connectivity index (χ0v) is 12.1. The van der Waals surface area contributed by atoms with Crippen LogP contribution in [0.3, 0.4) is 0 Å². The van der Waals surface area contributed by atoms with E-state index in [1.165, 1.54) is 12.1 Å². The van der Waals surface area contributed by atoms with Crippen molar-refractivity contribution in [1.82, 2.24) is 9.80 Å². The van der Waals surface area contributed by atoms with Crippen molar-refractivity contribution in [3.8, 4) is 0 Å². The number of piperidine rings is 1. The Hall–Kier alpha value is -1.04. The van der Waals surface area contributed by atoms with E-state index in [0.29, 0.717) is 18.2 Å². The van der Waals surface area contributed by atoms with Crippen molar-refractivity contribution < 1.29 is 8.78 Å². The lowest BCUT2D eigenvalue weighted by molar-refractivity contribution is 0.109. The highest BCUT2D eigenvalue weighted by atomic mass is 19.1. The summed E-state index contributed by atoms with van der Waals surface area (Å²) >= 11 is 0. The largest absolute Gasteiger partial charge is 0.329 e. The van der Waals surface area contributed by atoms with Crippen LogP contribution in [0.25, 0.3) is 0 Å². The summed E-state index contributed by atoms with van der Waals surface area (Å²) in [5.74, 6) is -1.09. The van der Waals surface area contributed by atoms with Crippen LogP contribution in [-0.4, -0.2) is 49.6 Å². The number of nitrogens with zero attached hydrogens (tertiary/aromatic N) is 2. The molecule has 1 aliphatic heterocycles. The zero-order valence-electron chi connectivity index (χ0n) is 12.1. The van der Waals surface area contributed by atoms with E-state index in [9.17, 15) is 8.78 Å². The van der Waals surface area contributed by atoms with Crippen LogP contribution < -0.4 is 5.73 Å². The lowest BCUT2D eigenvalue weighted by atomic mass is 9.98. The lowest BCUT2D eigenvalue weighted by Crippen LogP contribution is -2.45. The smallest absolute Gasteiger partial charge is 0.126 e. The molecule has 0 spiro atoms. The summed E-state index contributed by atoms with van der Waals surface area (Å²) in [6, 6.07) is 3.92. The second-order valence-corrected chi connectivity index (χ2v) is 5.65. The molecule has 0 amide bonds. The summed E-state index contributed by atoms with van der Waals surface area (Å²) in [5.41, 5.74) is 6.46. The van der Waals surface area contributed by atoms with Crippen molar-refractivity contribution in [2.75, 3.05) is 33.7 Å². The summed E-state index contributed by atoms with van der Waals surface area (Å²) in [6.45, 7) is 2.44. The molecule has 0 aliphatic carbocycles. The number of likely N-dealkylation sites (N-methyl/N-ethyl adjacent to an activating group) is 1. The van der Waals surface area contributed by atoms with Gasteiger partial charge in [0.25, 0.3) is 0 Å². The Bertz CT molecular complexity index is 424. The highest BCUT2D eigenvalue weighted by molar-refractivity contribution is 5.22. The molecule has 20 heavy (non-hydrogen) atoms. The topological polar surface area (TPSA) is 32.5 Å². The number of rotatable bonds is 4. The molecule has 1 aromatic carbocycles. The van der Waals surface area contributed by atoms with E-state index in [-0.39, 0.29) is 6.04 Å². The molecule has 5 heteroatoms. The SMILES string of the molecule is CN1CCC(N(C)C(CN)c2cc(F)cc(F)c2)CC1. The van der Waals surface area contributed by atoms with Crippen LogP contribution >= 0.6 is 0 Å². The quantitative estimate of drug-likeness (QED) is 0.917. The van der Waals surface area contributed by atoms with Gasteiger partial charge in [0.1, 0.15) is 11.6 Å². The maximum absolute atomic E-state index is 13.4. The molecule has 3 nitrogen and oxygen atoms in total. The number of halogens is 2. The van der Waals surface area contributed by atoms with Crippen molar-refractivity contribution in [1.29, 1.82) is 0 Å². The predicted molar refractivity (Wildman–Crippen MR) is 76.4 cm³/mol. The van der Waals surface area contributed by atoms with Gasteiger partial charge < -0.3 is 10.6 Å². The number of hydrogen-bond donors (Lipinski definition) is 1. The Balaban J connectivity index is 2.14. The summed E-state index contributed by atoms with van der Waals surface area (Å²) in [4.78, 5) is 4.46. The minimum atomic E-state index is -0.546. The maximum Gasteiger partial charge on any atom is 0.126 e. The van der Waals surface area contributed by atoms with Gasteiger partial charge in [-0.05, 0) is 57.7 Å². The zero-order chi connectivity index (χ0) is 14.7. The van der Waals surface area contributed by atoms with Crippen molar-refractivity contribution in [2.24, 2.45) is 5.73 Å². The Labute approximate surface area is 119 Å². The van der Waals surface area contributed by atoms with Crippen LogP contribution in [0.4, 0.5) is 8.78 Å². The third kappa shape index (κ3) is 3.53. The average molecular weight is 283 g/mol. The van der Waals surface area contributed by atoms with Gasteiger partial charge in [-0.15, -0.1) is 0 Å². The van der Waals surface area contributed by atoms with E-state index in [1.807, 2.05) is 7.05 Å². The van der Waals surface area contributed by atoms with Gasteiger partial charge in [0.2, 0.25) is 0 Å². The fourth-order valence-corrected chi connectivity index (χ4v) is 2.96. The third-order valence-corrected chi connectivity index (χ3v) is 4.25. The Morgan fingerprint density at radius 2 is 1.80 bits per heavy atom. The summed E-state index contributed by atoms with van der Waals surface area (Å²) in [6.07, 6.45) is 2.11. The molecular weight excluding hydrogens is 260 g/mol. The van der Waals surface area contributed by atoms with Gasteiger partial charge in [0, 0.05) is 24.7 Å². The normalized spacial score (nSPS) is 19.5. The molecule has 2 N–H and O–H groups in total. The maximum atomic E-state index is 13.4. The monoisotopic (exact) mass is 283 g/mol. The molecule has 2 rings (SSSR count). The molecule has 1 aliphatic rings. The van der Waals surface area contributed by atoms with Crippen LogP contribution in [0.5, 0.6) is 0 Å². The Kier molecular flexibility index (Phi) is 5.07. The van der Waals surface area contributed by atoms with Crippen LogP contribution in [0.1, 0.15) is 24.4 Å². The van der Waals surface area contributed by atoms with Gasteiger partial charge in [0.15, 0.2) is 0 Å². The number of nitrogens with two attached hydrogens (primary N) is 1. The fourth-order valence-electron chi connectivity index (χ4n) is 2.96. The van der Waals surface area contributed by atoms with E-state index < -0.39 is 11.6 Å². The number of likely N-dealkylation sites (tertiary alicyclic amines) is 1. The van der Waals surface area contributed by atoms with Gasteiger partial charge in [-0.1, -0.05) is 0 Å². The minimum Gasteiger partial charge on any atom is -0.329 e. The van der Waals surface area contributed by atoms with E-state index >= 15 is 0 Å². The number of benzene rings is 1. The van der Waals surface area contributed by atoms with Crippen molar-refractivity contribution in [2.45, 2.75) is 24.9 Å². The van der Waals surface area contributed by atoms with Crippen molar-refractivity contribution >= 4 is 0 Å². The summed E-state index contributed by atoms with van der Waals surface area (Å²) < 4.78 is 26.8. The van der Waals surface area contributed by atoms with Gasteiger partial charge >= 0.3 is 0 Å². The summed E-state index contributed by atoms with van der Waals surface area (Å²) in [5, 5.41) is 0. The first kappa shape index (κ1) is 15.4. The first-order valence-electron chi connectivity index (χ1n) is 7.07. The molecule has 0 saturated carbocycles. The molecule has 1 unspecified atom stereocenters. The average Bonchev–Trinajstić information content (AvgIpc) is 2.39. The van der Waals surface area contributed by atoms with Crippen molar-refractivity contribution in [3.63, 3.8) is 0 Å². The van der Waals surface area contributed by atoms with E-state index in [1.54, 1.807) is 0 Å². The van der Waals surface area contributed by atoms with E-state index in [4.69, 9.17) is 5.73 Å². The Morgan fingerprint density at radius 1 is 1.25 bits per heavy atom. The molecule has 1 heterocycles. The van der Waals surface area contributed by atoms with Gasteiger partial charge in [-0.2, -0.15) is 0 Å². The fraction of sp³-hybridized carbons (Fsp3) is 0.600. The van der Waals surface area contributed by atoms with Gasteiger partial charge in [0.05, 0.1) is 0 Å². The molecule has 0 aromatic heterocycles. The standard InChI is InChI=1S/C15H23F2N3/c1-19-5-3-14(4-6-19)20(2)15(10-18)11-7-12(16)9-13(17)8-11/h7-9,14-15H,3-6,10,18H2,1-2H3. The summed E-state index contributed by atoms with van der Waals surface area (Å²) in [7, 11) is 4.11. The third-order valence-electron chi connectivity index (χ3n) is 4.25. The molecule has 1 saturated heterocycles. The van der Waals surface area contributed by atoms with E-state index in [2.05, 4.69) is 16.8 Å². The number of hydrogen-bond acceptors (Lipinski definition) is 3. The van der Waals surface area contributed by atoms with Crippen LogP contribution in [0.2, 0.25) is 0 Å².